The molecule has 1 aliphatic heterocycles. The van der Waals surface area contributed by atoms with Crippen molar-refractivity contribution in [2.75, 3.05) is 21.1 Å². The average Bonchev–Trinajstić information content (AvgIpc) is 3.20. The predicted molar refractivity (Wildman–Crippen MR) is 126 cm³/mol. The summed E-state index contributed by atoms with van der Waals surface area (Å²) in [5.74, 6) is -0.433. The summed E-state index contributed by atoms with van der Waals surface area (Å²) in [6.45, 7) is 2.55. The summed E-state index contributed by atoms with van der Waals surface area (Å²) in [5.41, 5.74) is 11.0. The van der Waals surface area contributed by atoms with Crippen LogP contribution in [0.3, 0.4) is 0 Å². The van der Waals surface area contributed by atoms with Gasteiger partial charge in [0.15, 0.2) is 0 Å². The molecule has 0 aromatic heterocycles. The van der Waals surface area contributed by atoms with Gasteiger partial charge < -0.3 is 10.2 Å². The fourth-order valence-electron chi connectivity index (χ4n) is 5.56. The van der Waals surface area contributed by atoms with Crippen LogP contribution < -0.4 is 16.2 Å². The van der Waals surface area contributed by atoms with Crippen molar-refractivity contribution < 1.29 is 9.18 Å². The minimum atomic E-state index is -0.247. The third-order valence-corrected chi connectivity index (χ3v) is 7.13. The minimum Gasteiger partial charge on any atom is -0.345 e. The van der Waals surface area contributed by atoms with Gasteiger partial charge in [-0.2, -0.15) is 5.26 Å². The Bertz CT molecular complexity index is 1040. The molecule has 174 valence electrons. The van der Waals surface area contributed by atoms with Crippen LogP contribution >= 0.6 is 0 Å². The van der Waals surface area contributed by atoms with Gasteiger partial charge in [-0.1, -0.05) is 18.2 Å². The second kappa shape index (κ2) is 9.60. The minimum absolute atomic E-state index is 0.0285. The molecular formula is C26H32FN5O. The third-order valence-electron chi connectivity index (χ3n) is 7.13. The molecule has 0 bridgehead atoms. The number of carbonyl (C=O) groups is 1. The fourth-order valence-corrected chi connectivity index (χ4v) is 5.56. The first-order valence-corrected chi connectivity index (χ1v) is 11.5. The molecule has 0 spiro atoms. The molecule has 5 unspecified atom stereocenters. The van der Waals surface area contributed by atoms with E-state index in [1.807, 2.05) is 44.3 Å². The van der Waals surface area contributed by atoms with Gasteiger partial charge >= 0.3 is 0 Å². The third kappa shape index (κ3) is 4.51. The number of aryl methyl sites for hydroxylation is 1. The molecule has 7 heteroatoms. The van der Waals surface area contributed by atoms with E-state index in [-0.39, 0.29) is 41.6 Å². The van der Waals surface area contributed by atoms with E-state index in [4.69, 9.17) is 0 Å². The molecule has 2 aliphatic rings. The highest BCUT2D eigenvalue weighted by molar-refractivity contribution is 5.93. The van der Waals surface area contributed by atoms with Gasteiger partial charge in [-0.15, -0.1) is 0 Å². The molecule has 1 saturated heterocycles. The van der Waals surface area contributed by atoms with E-state index in [1.54, 1.807) is 25.1 Å². The van der Waals surface area contributed by atoms with Crippen LogP contribution in [0.25, 0.3) is 0 Å². The molecule has 0 radical (unpaired) electrons. The number of fused-ring (bicyclic) bond motifs is 1. The zero-order valence-electron chi connectivity index (χ0n) is 19.7. The highest BCUT2D eigenvalue weighted by Crippen LogP contribution is 2.48. The van der Waals surface area contributed by atoms with E-state index in [0.717, 1.165) is 23.1 Å². The van der Waals surface area contributed by atoms with Crippen molar-refractivity contribution in [1.29, 1.82) is 5.26 Å². The second-order valence-electron chi connectivity index (χ2n) is 9.51. The summed E-state index contributed by atoms with van der Waals surface area (Å²) in [6, 6.07) is 14.0. The SMILES string of the molecule is CNCc1cc(C)c(C2CC3C(CC2C#N)NNC3c2ccc(C(=O)N(C)C)cc2)c(F)c1. The van der Waals surface area contributed by atoms with Gasteiger partial charge in [0.05, 0.1) is 18.0 Å². The normalized spacial score (nSPS) is 26.5. The molecule has 1 amide bonds. The molecular weight excluding hydrogens is 417 g/mol. The van der Waals surface area contributed by atoms with Crippen LogP contribution in [0.15, 0.2) is 36.4 Å². The lowest BCUT2D eigenvalue weighted by atomic mass is 9.66. The van der Waals surface area contributed by atoms with Crippen LogP contribution in [0.1, 0.15) is 57.4 Å². The van der Waals surface area contributed by atoms with Crippen LogP contribution in [0.5, 0.6) is 0 Å². The number of nitrogens with zero attached hydrogens (tertiary/aromatic N) is 2. The average molecular weight is 450 g/mol. The van der Waals surface area contributed by atoms with Crippen molar-refractivity contribution in [3.63, 3.8) is 0 Å². The van der Waals surface area contributed by atoms with Gasteiger partial charge in [0, 0.05) is 38.2 Å². The van der Waals surface area contributed by atoms with Crippen LogP contribution in [-0.4, -0.2) is 38.0 Å². The Hall–Kier alpha value is -2.79. The van der Waals surface area contributed by atoms with E-state index in [0.29, 0.717) is 24.1 Å². The second-order valence-corrected chi connectivity index (χ2v) is 9.51. The van der Waals surface area contributed by atoms with Crippen LogP contribution in [0, 0.1) is 35.9 Å². The first kappa shape index (κ1) is 23.4. The molecule has 4 rings (SSSR count). The molecule has 1 heterocycles. The Morgan fingerprint density at radius 2 is 1.94 bits per heavy atom. The first-order valence-electron chi connectivity index (χ1n) is 11.5. The van der Waals surface area contributed by atoms with E-state index in [2.05, 4.69) is 22.2 Å². The summed E-state index contributed by atoms with van der Waals surface area (Å²) in [4.78, 5) is 13.8. The zero-order valence-corrected chi connectivity index (χ0v) is 19.7. The highest BCUT2D eigenvalue weighted by Gasteiger charge is 2.46. The molecule has 33 heavy (non-hydrogen) atoms. The van der Waals surface area contributed by atoms with Gasteiger partial charge in [-0.25, -0.2) is 9.82 Å². The Balaban J connectivity index is 1.61. The number of hydrogen-bond donors (Lipinski definition) is 3. The quantitative estimate of drug-likeness (QED) is 0.652. The summed E-state index contributed by atoms with van der Waals surface area (Å²) >= 11 is 0. The number of amides is 1. The number of rotatable bonds is 5. The van der Waals surface area contributed by atoms with Gasteiger partial charge in [0.25, 0.3) is 5.91 Å². The van der Waals surface area contributed by atoms with Crippen molar-refractivity contribution in [3.8, 4) is 6.07 Å². The largest absolute Gasteiger partial charge is 0.345 e. The molecule has 2 aromatic carbocycles. The number of nitriles is 1. The van der Waals surface area contributed by atoms with Crippen LogP contribution in [-0.2, 0) is 6.54 Å². The van der Waals surface area contributed by atoms with E-state index in [9.17, 15) is 10.1 Å². The Morgan fingerprint density at radius 3 is 2.55 bits per heavy atom. The highest BCUT2D eigenvalue weighted by atomic mass is 19.1. The van der Waals surface area contributed by atoms with E-state index < -0.39 is 0 Å². The number of benzene rings is 2. The smallest absolute Gasteiger partial charge is 0.253 e. The maximum atomic E-state index is 15.3. The lowest BCUT2D eigenvalue weighted by molar-refractivity contribution is 0.0827. The molecule has 1 saturated carbocycles. The molecule has 1 aliphatic carbocycles. The Kier molecular flexibility index (Phi) is 6.80. The number of carbonyl (C=O) groups excluding carboxylic acids is 1. The molecule has 2 fully saturated rings. The van der Waals surface area contributed by atoms with Gasteiger partial charge in [0.1, 0.15) is 5.82 Å². The van der Waals surface area contributed by atoms with Gasteiger partial charge in [0.2, 0.25) is 0 Å². The first-order chi connectivity index (χ1) is 15.8. The number of hydrazine groups is 1. The van der Waals surface area contributed by atoms with Crippen molar-refractivity contribution in [2.24, 2.45) is 11.8 Å². The summed E-state index contributed by atoms with van der Waals surface area (Å²) in [5, 5.41) is 13.0. The summed E-state index contributed by atoms with van der Waals surface area (Å²) in [7, 11) is 5.32. The van der Waals surface area contributed by atoms with Crippen LogP contribution in [0.4, 0.5) is 4.39 Å². The monoisotopic (exact) mass is 449 g/mol. The number of hydrogen-bond acceptors (Lipinski definition) is 5. The predicted octanol–water partition coefficient (Wildman–Crippen LogP) is 3.41. The van der Waals surface area contributed by atoms with Crippen molar-refractivity contribution in [2.45, 2.75) is 44.3 Å². The molecule has 5 atom stereocenters. The Morgan fingerprint density at radius 1 is 1.21 bits per heavy atom. The van der Waals surface area contributed by atoms with Crippen molar-refractivity contribution in [3.05, 3.63) is 70.0 Å². The topological polar surface area (TPSA) is 80.2 Å². The van der Waals surface area contributed by atoms with Crippen molar-refractivity contribution >= 4 is 5.91 Å². The summed E-state index contributed by atoms with van der Waals surface area (Å²) < 4.78 is 15.3. The lowest BCUT2D eigenvalue weighted by Gasteiger charge is -2.37. The molecule has 6 nitrogen and oxygen atoms in total. The maximum absolute atomic E-state index is 15.3. The lowest BCUT2D eigenvalue weighted by Crippen LogP contribution is -2.39. The number of halogens is 1. The zero-order chi connectivity index (χ0) is 23.7. The van der Waals surface area contributed by atoms with Crippen molar-refractivity contribution in [1.82, 2.24) is 21.1 Å². The number of nitrogens with one attached hydrogen (secondary N) is 3. The standard InChI is InChI=1S/C26H32FN5O/c1-15-9-16(14-29-2)10-22(27)24(15)20-12-21-23(11-19(20)13-28)30-31-25(21)17-5-7-18(8-6-17)26(33)32(3)4/h5-10,19-21,23,25,29-31H,11-12,14H2,1-4H3. The molecule has 3 N–H and O–H groups in total. The van der Waals surface area contributed by atoms with Crippen LogP contribution in [0.2, 0.25) is 0 Å². The van der Waals surface area contributed by atoms with E-state index in [1.165, 1.54) is 0 Å². The van der Waals surface area contributed by atoms with Gasteiger partial charge in [-0.3, -0.25) is 10.2 Å². The summed E-state index contributed by atoms with van der Waals surface area (Å²) in [6.07, 6.45) is 1.39. The van der Waals surface area contributed by atoms with E-state index >= 15 is 4.39 Å². The van der Waals surface area contributed by atoms with Gasteiger partial charge in [-0.05, 0) is 73.2 Å². The Labute approximate surface area is 195 Å². The molecule has 2 aromatic rings. The fraction of sp³-hybridized carbons (Fsp3) is 0.462. The maximum Gasteiger partial charge on any atom is 0.253 e.